The number of carboxylic acids is 1. The van der Waals surface area contributed by atoms with Gasteiger partial charge in [-0.05, 0) is 55.5 Å². The van der Waals surface area contributed by atoms with E-state index in [-0.39, 0.29) is 10.6 Å². The average Bonchev–Trinajstić information content (AvgIpc) is 2.83. The van der Waals surface area contributed by atoms with Gasteiger partial charge >= 0.3 is 5.97 Å². The number of nitrogens with one attached hydrogen (secondary N) is 1. The summed E-state index contributed by atoms with van der Waals surface area (Å²) in [5.74, 6) is -1.55. The molecule has 1 aliphatic rings. The Morgan fingerprint density at radius 2 is 1.96 bits per heavy atom. The fraction of sp³-hybridized carbons (Fsp3) is 0.250. The van der Waals surface area contributed by atoms with E-state index in [2.05, 4.69) is 11.4 Å². The van der Waals surface area contributed by atoms with Gasteiger partial charge in [-0.15, -0.1) is 11.3 Å². The van der Waals surface area contributed by atoms with Crippen LogP contribution in [0.2, 0.25) is 5.02 Å². The van der Waals surface area contributed by atoms with Crippen LogP contribution in [-0.2, 0) is 12.8 Å². The minimum absolute atomic E-state index is 0.0748. The van der Waals surface area contributed by atoms with Gasteiger partial charge in [-0.2, -0.15) is 0 Å². The number of nitrogens with two attached hydrogens (primary N) is 1. The molecule has 0 unspecified atom stereocenters. The van der Waals surface area contributed by atoms with Crippen LogP contribution in [0.1, 0.15) is 50.5 Å². The molecule has 6 nitrogen and oxygen atoms in total. The van der Waals surface area contributed by atoms with Gasteiger partial charge in [0.25, 0.3) is 5.91 Å². The molecule has 1 amide bonds. The predicted molar refractivity (Wildman–Crippen MR) is 112 cm³/mol. The topological polar surface area (TPSA) is 105 Å². The Kier molecular flexibility index (Phi) is 4.95. The zero-order valence-corrected chi connectivity index (χ0v) is 16.5. The van der Waals surface area contributed by atoms with Gasteiger partial charge in [-0.25, -0.2) is 9.78 Å². The number of carboxylic acid groups (broad SMARTS) is 1. The second-order valence-corrected chi connectivity index (χ2v) is 8.21. The highest BCUT2D eigenvalue weighted by Gasteiger charge is 2.21. The van der Waals surface area contributed by atoms with Crippen LogP contribution in [-0.4, -0.2) is 22.0 Å². The number of hydrogen-bond donors (Lipinski definition) is 3. The van der Waals surface area contributed by atoms with Crippen molar-refractivity contribution in [1.29, 1.82) is 0 Å². The number of pyridine rings is 1. The molecule has 0 bridgehead atoms. The van der Waals surface area contributed by atoms with Gasteiger partial charge in [-0.1, -0.05) is 18.0 Å². The first-order valence-corrected chi connectivity index (χ1v) is 10.2. The van der Waals surface area contributed by atoms with Gasteiger partial charge in [-0.3, -0.25) is 4.79 Å². The molecule has 0 atom stereocenters. The molecule has 2 heterocycles. The normalized spacial score (nSPS) is 13.8. The molecule has 3 aromatic rings. The number of benzene rings is 1. The third-order valence-corrected chi connectivity index (χ3v) is 6.35. The van der Waals surface area contributed by atoms with Crippen molar-refractivity contribution < 1.29 is 14.7 Å². The Labute approximate surface area is 170 Å². The summed E-state index contributed by atoms with van der Waals surface area (Å²) in [7, 11) is 0. The molecule has 0 saturated heterocycles. The Bertz CT molecular complexity index is 1110. The van der Waals surface area contributed by atoms with Gasteiger partial charge in [0.05, 0.1) is 16.3 Å². The molecule has 1 aromatic carbocycles. The lowest BCUT2D eigenvalue weighted by Crippen LogP contribution is -2.12. The first-order chi connectivity index (χ1) is 13.4. The quantitative estimate of drug-likeness (QED) is 0.535. The highest BCUT2D eigenvalue weighted by molar-refractivity contribution is 7.21. The first-order valence-electron chi connectivity index (χ1n) is 8.99. The zero-order valence-electron chi connectivity index (χ0n) is 14.9. The Balaban J connectivity index is 1.67. The number of anilines is 2. The van der Waals surface area contributed by atoms with Crippen molar-refractivity contribution in [2.75, 3.05) is 11.1 Å². The number of nitrogens with zero attached hydrogens (tertiary/aromatic N) is 1. The number of aromatic carboxylic acids is 1. The van der Waals surface area contributed by atoms with Crippen molar-refractivity contribution >= 4 is 56.4 Å². The number of aromatic nitrogens is 1. The number of carbonyl (C=O) groups excluding carboxylic acids is 1. The van der Waals surface area contributed by atoms with E-state index >= 15 is 0 Å². The predicted octanol–water partition coefficient (Wildman–Crippen LogP) is 4.75. The number of aryl methyl sites for hydroxylation is 2. The SMILES string of the molecule is Nc1c(C(=O)Nc2ccc(Cl)c(C(=O)O)c2)sc2nc3c(cc12)CCCCC3. The van der Waals surface area contributed by atoms with E-state index in [1.54, 1.807) is 6.07 Å². The fourth-order valence-electron chi connectivity index (χ4n) is 3.46. The lowest BCUT2D eigenvalue weighted by Gasteiger charge is -2.07. The second kappa shape index (κ2) is 7.41. The third kappa shape index (κ3) is 3.43. The van der Waals surface area contributed by atoms with Gasteiger partial charge in [0, 0.05) is 16.8 Å². The minimum atomic E-state index is -1.16. The van der Waals surface area contributed by atoms with Crippen molar-refractivity contribution in [2.45, 2.75) is 32.1 Å². The Hall–Kier alpha value is -2.64. The molecule has 0 spiro atoms. The molecule has 2 aromatic heterocycles. The van der Waals surface area contributed by atoms with Gasteiger partial charge in [0.15, 0.2) is 0 Å². The van der Waals surface area contributed by atoms with Crippen LogP contribution in [0, 0.1) is 0 Å². The van der Waals surface area contributed by atoms with Crippen LogP contribution < -0.4 is 11.1 Å². The van der Waals surface area contributed by atoms with E-state index in [0.717, 1.165) is 41.6 Å². The number of halogens is 1. The highest BCUT2D eigenvalue weighted by Crippen LogP contribution is 2.35. The van der Waals surface area contributed by atoms with Gasteiger partial charge in [0.1, 0.15) is 9.71 Å². The van der Waals surface area contributed by atoms with Crippen molar-refractivity contribution in [2.24, 2.45) is 0 Å². The lowest BCUT2D eigenvalue weighted by molar-refractivity contribution is 0.0696. The Morgan fingerprint density at radius 1 is 1.18 bits per heavy atom. The zero-order chi connectivity index (χ0) is 19.8. The largest absolute Gasteiger partial charge is 0.478 e. The van der Waals surface area contributed by atoms with Crippen molar-refractivity contribution in [3.05, 3.63) is 51.0 Å². The maximum absolute atomic E-state index is 12.8. The summed E-state index contributed by atoms with van der Waals surface area (Å²) in [5, 5.41) is 12.8. The number of carbonyl (C=O) groups is 2. The number of hydrogen-bond acceptors (Lipinski definition) is 5. The van der Waals surface area contributed by atoms with Crippen molar-refractivity contribution in [3.63, 3.8) is 0 Å². The molecule has 144 valence electrons. The molecule has 0 aliphatic heterocycles. The number of rotatable bonds is 3. The van der Waals surface area contributed by atoms with E-state index in [0.29, 0.717) is 16.3 Å². The molecule has 0 saturated carbocycles. The third-order valence-electron chi connectivity index (χ3n) is 4.91. The molecular formula is C20H18ClN3O3S. The van der Waals surface area contributed by atoms with Crippen LogP contribution in [0.5, 0.6) is 0 Å². The summed E-state index contributed by atoms with van der Waals surface area (Å²) in [4.78, 5) is 29.9. The van der Waals surface area contributed by atoms with Crippen LogP contribution >= 0.6 is 22.9 Å². The van der Waals surface area contributed by atoms with Crippen LogP contribution in [0.15, 0.2) is 24.3 Å². The van der Waals surface area contributed by atoms with E-state index in [4.69, 9.17) is 22.3 Å². The van der Waals surface area contributed by atoms with Gasteiger partial charge in [0.2, 0.25) is 0 Å². The van der Waals surface area contributed by atoms with E-state index in [9.17, 15) is 14.7 Å². The molecule has 0 radical (unpaired) electrons. The summed E-state index contributed by atoms with van der Waals surface area (Å²) in [5.41, 5.74) is 9.25. The maximum atomic E-state index is 12.8. The lowest BCUT2D eigenvalue weighted by atomic mass is 10.1. The van der Waals surface area contributed by atoms with E-state index in [1.165, 1.54) is 35.5 Å². The molecule has 8 heteroatoms. The number of nitrogen functional groups attached to an aromatic ring is 1. The molecule has 4 rings (SSSR count). The summed E-state index contributed by atoms with van der Waals surface area (Å²) in [6.07, 6.45) is 5.40. The standard InChI is InChI=1S/C20H18ClN3O3S/c21-14-7-6-11(9-12(14)20(26)27)23-18(25)17-16(22)13-8-10-4-2-1-3-5-15(10)24-19(13)28-17/h6-9H,1-5,22H2,(H,23,25)(H,26,27). The molecular weight excluding hydrogens is 398 g/mol. The average molecular weight is 416 g/mol. The number of thiophene rings is 1. The maximum Gasteiger partial charge on any atom is 0.337 e. The number of amides is 1. The van der Waals surface area contributed by atoms with Gasteiger partial charge < -0.3 is 16.2 Å². The monoisotopic (exact) mass is 415 g/mol. The molecule has 4 N–H and O–H groups in total. The summed E-state index contributed by atoms with van der Waals surface area (Å²) < 4.78 is 0. The van der Waals surface area contributed by atoms with Crippen LogP contribution in [0.4, 0.5) is 11.4 Å². The number of fused-ring (bicyclic) bond motifs is 2. The highest BCUT2D eigenvalue weighted by atomic mass is 35.5. The second-order valence-electron chi connectivity index (χ2n) is 6.81. The molecule has 28 heavy (non-hydrogen) atoms. The van der Waals surface area contributed by atoms with Crippen molar-refractivity contribution in [1.82, 2.24) is 4.98 Å². The first kappa shape index (κ1) is 18.7. The van der Waals surface area contributed by atoms with Crippen molar-refractivity contribution in [3.8, 4) is 0 Å². The summed E-state index contributed by atoms with van der Waals surface area (Å²) in [6, 6.07) is 6.38. The molecule has 1 aliphatic carbocycles. The molecule has 0 fully saturated rings. The summed E-state index contributed by atoms with van der Waals surface area (Å²) >= 11 is 7.13. The minimum Gasteiger partial charge on any atom is -0.478 e. The smallest absolute Gasteiger partial charge is 0.337 e. The van der Waals surface area contributed by atoms with Crippen LogP contribution in [0.25, 0.3) is 10.2 Å². The van der Waals surface area contributed by atoms with E-state index in [1.807, 2.05) is 0 Å². The van der Waals surface area contributed by atoms with Crippen LogP contribution in [0.3, 0.4) is 0 Å². The Morgan fingerprint density at radius 3 is 2.75 bits per heavy atom. The summed E-state index contributed by atoms with van der Waals surface area (Å²) in [6.45, 7) is 0. The van der Waals surface area contributed by atoms with E-state index < -0.39 is 11.9 Å². The fourth-order valence-corrected chi connectivity index (χ4v) is 4.65.